The van der Waals surface area contributed by atoms with Gasteiger partial charge in [-0.1, -0.05) is 44.7 Å². The van der Waals surface area contributed by atoms with Crippen LogP contribution in [0.4, 0.5) is 5.82 Å². The van der Waals surface area contributed by atoms with Crippen molar-refractivity contribution in [2.24, 2.45) is 5.92 Å². The second-order valence-corrected chi connectivity index (χ2v) is 9.73. The highest BCUT2D eigenvalue weighted by atomic mass is 16.5. The fourth-order valence-electron chi connectivity index (χ4n) is 4.44. The number of aromatic nitrogens is 4. The smallest absolute Gasteiger partial charge is 0.270 e. The number of hydrogen-bond acceptors (Lipinski definition) is 6. The van der Waals surface area contributed by atoms with Crippen LogP contribution in [0, 0.1) is 19.8 Å². The first kappa shape index (κ1) is 27.1. The molecule has 194 valence electrons. The zero-order valence-electron chi connectivity index (χ0n) is 22.2. The number of carbonyl (C=O) groups excluding carboxylic acids is 2. The summed E-state index contributed by atoms with van der Waals surface area (Å²) in [6.45, 7) is 12.0. The van der Waals surface area contributed by atoms with Crippen molar-refractivity contribution < 1.29 is 14.1 Å². The van der Waals surface area contributed by atoms with Gasteiger partial charge < -0.3 is 15.2 Å². The van der Waals surface area contributed by atoms with E-state index in [-0.39, 0.29) is 17.9 Å². The minimum Gasteiger partial charge on any atom is -0.361 e. The second-order valence-electron chi connectivity index (χ2n) is 9.73. The highest BCUT2D eigenvalue weighted by Crippen LogP contribution is 2.26. The van der Waals surface area contributed by atoms with Gasteiger partial charge in [-0.25, -0.2) is 4.98 Å². The molecule has 0 bridgehead atoms. The lowest BCUT2D eigenvalue weighted by Crippen LogP contribution is -2.44. The van der Waals surface area contributed by atoms with E-state index in [1.54, 1.807) is 29.2 Å². The van der Waals surface area contributed by atoms with E-state index in [1.807, 2.05) is 33.8 Å². The number of carbonyl (C=O) groups is 2. The van der Waals surface area contributed by atoms with Crippen LogP contribution in [-0.2, 0) is 4.79 Å². The average molecular weight is 495 g/mol. The third kappa shape index (κ3) is 6.80. The van der Waals surface area contributed by atoms with Gasteiger partial charge in [-0.05, 0) is 58.2 Å². The fourth-order valence-corrected chi connectivity index (χ4v) is 4.44. The van der Waals surface area contributed by atoms with E-state index < -0.39 is 6.04 Å². The standard InChI is InChI=1S/C27H38N6O3/c1-7-9-18(4)10-8-11-22(30-27(35)23-14-15-29-33(23)17(2)3)26(34)31-24-13-12-21(16-28-24)25-19(5)32-36-20(25)6/h12-18,22H,7-11H2,1-6H3,(H,30,35)(H,28,31,34)/t18-,22-/m0/s1. The van der Waals surface area contributed by atoms with E-state index in [9.17, 15) is 9.59 Å². The van der Waals surface area contributed by atoms with Crippen LogP contribution in [0.3, 0.4) is 0 Å². The van der Waals surface area contributed by atoms with Crippen molar-refractivity contribution >= 4 is 17.6 Å². The number of nitrogens with one attached hydrogen (secondary N) is 2. The van der Waals surface area contributed by atoms with Gasteiger partial charge in [-0.2, -0.15) is 5.10 Å². The predicted molar refractivity (Wildman–Crippen MR) is 140 cm³/mol. The first-order valence-electron chi connectivity index (χ1n) is 12.8. The van der Waals surface area contributed by atoms with E-state index in [1.165, 1.54) is 0 Å². The number of amides is 2. The average Bonchev–Trinajstić information content (AvgIpc) is 3.46. The Bertz CT molecular complexity index is 1130. The molecule has 9 heteroatoms. The normalized spacial score (nSPS) is 13.0. The van der Waals surface area contributed by atoms with Crippen LogP contribution in [0.5, 0.6) is 0 Å². The summed E-state index contributed by atoms with van der Waals surface area (Å²) in [7, 11) is 0. The van der Waals surface area contributed by atoms with Crippen molar-refractivity contribution in [1.29, 1.82) is 0 Å². The van der Waals surface area contributed by atoms with Crippen LogP contribution in [0.25, 0.3) is 11.1 Å². The highest BCUT2D eigenvalue weighted by Gasteiger charge is 2.24. The molecule has 0 aliphatic rings. The summed E-state index contributed by atoms with van der Waals surface area (Å²) in [6.07, 6.45) is 7.95. The summed E-state index contributed by atoms with van der Waals surface area (Å²) in [5.41, 5.74) is 2.98. The molecule has 0 saturated carbocycles. The molecule has 36 heavy (non-hydrogen) atoms. The number of aryl methyl sites for hydroxylation is 2. The molecule has 3 rings (SSSR count). The van der Waals surface area contributed by atoms with Crippen LogP contribution in [0.2, 0.25) is 0 Å². The molecule has 0 aliphatic carbocycles. The molecular formula is C27H38N6O3. The van der Waals surface area contributed by atoms with Gasteiger partial charge in [0.1, 0.15) is 23.3 Å². The van der Waals surface area contributed by atoms with Crippen LogP contribution >= 0.6 is 0 Å². The zero-order valence-corrected chi connectivity index (χ0v) is 22.2. The number of anilines is 1. The molecule has 0 saturated heterocycles. The van der Waals surface area contributed by atoms with Crippen LogP contribution < -0.4 is 10.6 Å². The first-order valence-corrected chi connectivity index (χ1v) is 12.8. The Balaban J connectivity index is 1.72. The van der Waals surface area contributed by atoms with E-state index >= 15 is 0 Å². The lowest BCUT2D eigenvalue weighted by molar-refractivity contribution is -0.118. The Labute approximate surface area is 213 Å². The zero-order chi connectivity index (χ0) is 26.2. The van der Waals surface area contributed by atoms with Gasteiger partial charge in [0.25, 0.3) is 5.91 Å². The van der Waals surface area contributed by atoms with E-state index in [0.29, 0.717) is 29.6 Å². The topological polar surface area (TPSA) is 115 Å². The Hall–Kier alpha value is -3.49. The fraction of sp³-hybridized carbons (Fsp3) is 0.519. The van der Waals surface area contributed by atoms with Crippen LogP contribution in [0.15, 0.2) is 35.1 Å². The third-order valence-corrected chi connectivity index (χ3v) is 6.32. The van der Waals surface area contributed by atoms with Gasteiger partial charge in [0.05, 0.1) is 5.69 Å². The predicted octanol–water partition coefficient (Wildman–Crippen LogP) is 5.47. The number of hydrogen-bond donors (Lipinski definition) is 2. The van der Waals surface area contributed by atoms with Crippen LogP contribution in [0.1, 0.15) is 87.8 Å². The van der Waals surface area contributed by atoms with Gasteiger partial charge >= 0.3 is 0 Å². The van der Waals surface area contributed by atoms with Crippen molar-refractivity contribution in [3.8, 4) is 11.1 Å². The molecule has 3 aromatic rings. The number of rotatable bonds is 12. The van der Waals surface area contributed by atoms with Crippen molar-refractivity contribution in [3.05, 3.63) is 47.7 Å². The van der Waals surface area contributed by atoms with Gasteiger partial charge in [0, 0.05) is 29.6 Å². The third-order valence-electron chi connectivity index (χ3n) is 6.32. The quantitative estimate of drug-likeness (QED) is 0.345. The van der Waals surface area contributed by atoms with Gasteiger partial charge in [0.15, 0.2) is 0 Å². The van der Waals surface area contributed by atoms with Gasteiger partial charge in [-0.3, -0.25) is 14.3 Å². The minimum atomic E-state index is -0.689. The molecule has 0 spiro atoms. The Morgan fingerprint density at radius 1 is 1.08 bits per heavy atom. The molecule has 2 N–H and O–H groups in total. The van der Waals surface area contributed by atoms with Crippen LogP contribution in [-0.4, -0.2) is 37.8 Å². The maximum absolute atomic E-state index is 13.2. The maximum Gasteiger partial charge on any atom is 0.270 e. The van der Waals surface area contributed by atoms with Crippen molar-refractivity contribution in [2.75, 3.05) is 5.32 Å². The molecule has 3 heterocycles. The summed E-state index contributed by atoms with van der Waals surface area (Å²) in [5, 5.41) is 14.0. The highest BCUT2D eigenvalue weighted by molar-refractivity contribution is 6.00. The molecule has 2 amide bonds. The van der Waals surface area contributed by atoms with E-state index in [0.717, 1.165) is 42.5 Å². The lowest BCUT2D eigenvalue weighted by atomic mass is 9.97. The molecule has 0 unspecified atom stereocenters. The summed E-state index contributed by atoms with van der Waals surface area (Å²) < 4.78 is 6.90. The molecule has 0 radical (unpaired) electrons. The second kappa shape index (κ2) is 12.5. The summed E-state index contributed by atoms with van der Waals surface area (Å²) >= 11 is 0. The summed E-state index contributed by atoms with van der Waals surface area (Å²) in [5.74, 6) is 1.10. The molecule has 3 aromatic heterocycles. The largest absolute Gasteiger partial charge is 0.361 e. The number of nitrogens with zero attached hydrogens (tertiary/aromatic N) is 4. The Morgan fingerprint density at radius 2 is 1.86 bits per heavy atom. The molecule has 0 aliphatic heterocycles. The lowest BCUT2D eigenvalue weighted by Gasteiger charge is -2.20. The van der Waals surface area contributed by atoms with Crippen molar-refractivity contribution in [1.82, 2.24) is 25.2 Å². The summed E-state index contributed by atoms with van der Waals surface area (Å²) in [4.78, 5) is 30.7. The maximum atomic E-state index is 13.2. The monoisotopic (exact) mass is 494 g/mol. The van der Waals surface area contributed by atoms with Gasteiger partial charge in [-0.15, -0.1) is 0 Å². The van der Waals surface area contributed by atoms with Crippen molar-refractivity contribution in [3.63, 3.8) is 0 Å². The van der Waals surface area contributed by atoms with E-state index in [4.69, 9.17) is 4.52 Å². The summed E-state index contributed by atoms with van der Waals surface area (Å²) in [6, 6.07) is 4.63. The molecule has 0 aromatic carbocycles. The van der Waals surface area contributed by atoms with Gasteiger partial charge in [0.2, 0.25) is 5.91 Å². The Kier molecular flexibility index (Phi) is 9.38. The minimum absolute atomic E-state index is 0.0309. The molecule has 2 atom stereocenters. The van der Waals surface area contributed by atoms with E-state index in [2.05, 4.69) is 39.7 Å². The first-order chi connectivity index (χ1) is 17.2. The number of pyridine rings is 1. The van der Waals surface area contributed by atoms with Crippen molar-refractivity contribution in [2.45, 2.75) is 85.7 Å². The SMILES string of the molecule is CCC[C@H](C)CCC[C@H](NC(=O)c1ccnn1C(C)C)C(=O)Nc1ccc(-c2c(C)noc2C)cn1. The molecule has 9 nitrogen and oxygen atoms in total. The Morgan fingerprint density at radius 3 is 2.47 bits per heavy atom. The molecule has 0 fully saturated rings. The molecular weight excluding hydrogens is 456 g/mol.